The third-order valence-corrected chi connectivity index (χ3v) is 15.8. The second kappa shape index (κ2) is 23.7. The molecule has 19 nitrogen and oxygen atoms in total. The summed E-state index contributed by atoms with van der Waals surface area (Å²) in [5, 5.41) is 11.5. The van der Waals surface area contributed by atoms with Crippen molar-refractivity contribution >= 4 is 51.4 Å². The highest BCUT2D eigenvalue weighted by molar-refractivity contribution is 7.90. The molecule has 394 valence electrons. The molecule has 0 aromatic heterocycles. The van der Waals surface area contributed by atoms with E-state index in [1.54, 1.807) is 13.8 Å². The Balaban J connectivity index is 1.20. The van der Waals surface area contributed by atoms with Gasteiger partial charge in [-0.2, -0.15) is 0 Å². The number of carbonyl (C=O) groups excluding carboxylic acids is 6. The maximum Gasteiger partial charge on any atom is 0.264 e. The first kappa shape index (κ1) is 55.3. The fraction of sp³-hybridized carbons (Fsp3) is 0.596. The molecule has 9 N–H and O–H groups in total. The minimum absolute atomic E-state index is 0.0242. The van der Waals surface area contributed by atoms with E-state index in [4.69, 9.17) is 16.2 Å². The fourth-order valence-electron chi connectivity index (χ4n) is 10.1. The molecule has 20 heteroatoms. The van der Waals surface area contributed by atoms with Crippen molar-refractivity contribution < 1.29 is 41.9 Å². The van der Waals surface area contributed by atoms with Crippen LogP contribution in [0.25, 0.3) is 0 Å². The number of ether oxygens (including phenoxy) is 1. The van der Waals surface area contributed by atoms with Crippen molar-refractivity contribution in [1.82, 2.24) is 35.8 Å². The van der Waals surface area contributed by atoms with Crippen LogP contribution in [0, 0.1) is 20.8 Å². The molecule has 4 aliphatic heterocycles. The SMILES string of the molecule is Cc1c(C)c(S(=O)(=O)NC(N)=NCCC[C@@H]2NC(=O)C(C)(C)NC(=O)[C@@H]3CCCN3C(=O)[C@H](Cc3ccccc3)NC(=O)[C@@H](N)CCC/C=C/CCCNC(=O)[C@@H]3CCCN3C2=O)c(C)c2c1OC(C)(C)C2. The minimum Gasteiger partial charge on any atom is -0.487 e. The summed E-state index contributed by atoms with van der Waals surface area (Å²) in [6.07, 6.45) is 9.78. The Hall–Kier alpha value is -6.02. The summed E-state index contributed by atoms with van der Waals surface area (Å²) in [6, 6.07) is 4.47. The molecule has 2 aromatic rings. The number of fused-ring (bicyclic) bond motifs is 3. The smallest absolute Gasteiger partial charge is 0.264 e. The van der Waals surface area contributed by atoms with Crippen molar-refractivity contribution in [2.45, 2.75) is 178 Å². The highest BCUT2D eigenvalue weighted by Crippen LogP contribution is 2.43. The van der Waals surface area contributed by atoms with Gasteiger partial charge in [-0.15, -0.1) is 0 Å². The number of carbonyl (C=O) groups is 6. The van der Waals surface area contributed by atoms with E-state index in [2.05, 4.69) is 31.0 Å². The standard InChI is InChI=1S/C52H76N10O9S/c1-32-33(2)43(34(3)36-31-51(4,5)71-42(32)36)72(69,70)60-50(54)56-27-17-23-38-47(66)61-28-18-24-40(61)45(64)55-26-16-11-9-8-10-15-22-37(53)44(63)57-39(30-35-20-13-12-14-21-35)48(67)62-29-19-25-41(62)46(65)59-52(6,7)49(68)58-38/h8-9,12-14,20-21,37-41H,10-11,15-19,22-31,53H2,1-7H3,(H,55,64)(H,57,63)(H,58,68)(H,59,65)(H3,54,56,60)/b9-8+/t37-,38-,39-,40-,41-/m0/s1. The average molecular weight is 1020 g/mol. The summed E-state index contributed by atoms with van der Waals surface area (Å²) in [4.78, 5) is 91.7. The van der Waals surface area contributed by atoms with Crippen LogP contribution >= 0.6 is 0 Å². The monoisotopic (exact) mass is 1020 g/mol. The van der Waals surface area contributed by atoms with Crippen LogP contribution in [0.4, 0.5) is 0 Å². The molecule has 2 fully saturated rings. The van der Waals surface area contributed by atoms with Crippen LogP contribution in [0.2, 0.25) is 0 Å². The van der Waals surface area contributed by atoms with Gasteiger partial charge in [-0.05, 0) is 141 Å². The molecule has 0 unspecified atom stereocenters. The van der Waals surface area contributed by atoms with Crippen LogP contribution in [-0.4, -0.2) is 127 Å². The van der Waals surface area contributed by atoms with Gasteiger partial charge in [0.05, 0.1) is 10.9 Å². The Kier molecular flexibility index (Phi) is 18.2. The summed E-state index contributed by atoms with van der Waals surface area (Å²) in [6.45, 7) is 13.1. The van der Waals surface area contributed by atoms with Crippen molar-refractivity contribution in [3.05, 3.63) is 70.3 Å². The Morgan fingerprint density at radius 2 is 1.42 bits per heavy atom. The third kappa shape index (κ3) is 13.5. The number of rotatable bonds is 8. The molecule has 0 spiro atoms. The van der Waals surface area contributed by atoms with Crippen molar-refractivity contribution in [2.24, 2.45) is 16.5 Å². The topological polar surface area (TPSA) is 277 Å². The van der Waals surface area contributed by atoms with Gasteiger partial charge in [0.2, 0.25) is 41.4 Å². The Morgan fingerprint density at radius 1 is 0.792 bits per heavy atom. The summed E-state index contributed by atoms with van der Waals surface area (Å²) >= 11 is 0. The molecule has 6 amide bonds. The first-order chi connectivity index (χ1) is 34.0. The van der Waals surface area contributed by atoms with Crippen molar-refractivity contribution in [1.29, 1.82) is 0 Å². The predicted molar refractivity (Wildman–Crippen MR) is 274 cm³/mol. The molecule has 0 aliphatic carbocycles. The van der Waals surface area contributed by atoms with Gasteiger partial charge in [-0.25, -0.2) is 13.1 Å². The quantitative estimate of drug-likeness (QED) is 0.0874. The van der Waals surface area contributed by atoms with Gasteiger partial charge < -0.3 is 47.3 Å². The van der Waals surface area contributed by atoms with Crippen LogP contribution in [0.15, 0.2) is 52.4 Å². The van der Waals surface area contributed by atoms with Crippen LogP contribution in [0.5, 0.6) is 5.75 Å². The normalized spacial score (nSPS) is 25.6. The zero-order chi connectivity index (χ0) is 52.5. The van der Waals surface area contributed by atoms with Gasteiger partial charge in [-0.1, -0.05) is 42.5 Å². The van der Waals surface area contributed by atoms with E-state index in [0.717, 1.165) is 16.7 Å². The Labute approximate surface area is 424 Å². The lowest BCUT2D eigenvalue weighted by molar-refractivity contribution is -0.144. The summed E-state index contributed by atoms with van der Waals surface area (Å²) in [5.41, 5.74) is 13.9. The molecule has 2 saturated heterocycles. The highest BCUT2D eigenvalue weighted by Gasteiger charge is 2.43. The van der Waals surface area contributed by atoms with Gasteiger partial charge in [0, 0.05) is 44.6 Å². The number of nitrogens with zero attached hydrogens (tertiary/aromatic N) is 3. The number of amides is 6. The van der Waals surface area contributed by atoms with E-state index in [1.807, 2.05) is 63.3 Å². The maximum atomic E-state index is 14.5. The zero-order valence-electron chi connectivity index (χ0n) is 43.0. The number of nitrogens with one attached hydrogen (secondary N) is 5. The van der Waals surface area contributed by atoms with Gasteiger partial charge >= 0.3 is 0 Å². The predicted octanol–water partition coefficient (Wildman–Crippen LogP) is 2.75. The number of hydrogen-bond acceptors (Lipinski definition) is 11. The second-order valence-electron chi connectivity index (χ2n) is 20.8. The lowest BCUT2D eigenvalue weighted by Crippen LogP contribution is -2.62. The number of guanidine groups is 1. The van der Waals surface area contributed by atoms with E-state index in [9.17, 15) is 37.2 Å². The van der Waals surface area contributed by atoms with E-state index in [1.165, 1.54) is 23.6 Å². The summed E-state index contributed by atoms with van der Waals surface area (Å²) in [5.74, 6) is -2.65. The van der Waals surface area contributed by atoms with E-state index in [0.29, 0.717) is 87.6 Å². The number of hydrogen-bond donors (Lipinski definition) is 7. The fourth-order valence-corrected chi connectivity index (χ4v) is 11.6. The van der Waals surface area contributed by atoms with E-state index in [-0.39, 0.29) is 55.7 Å². The summed E-state index contributed by atoms with van der Waals surface area (Å²) in [7, 11) is -4.19. The molecule has 4 aliphatic rings. The lowest BCUT2D eigenvalue weighted by Gasteiger charge is -2.34. The van der Waals surface area contributed by atoms with Crippen LogP contribution in [0.1, 0.15) is 126 Å². The summed E-state index contributed by atoms with van der Waals surface area (Å²) < 4.78 is 36.3. The van der Waals surface area contributed by atoms with Crippen molar-refractivity contribution in [2.75, 3.05) is 26.2 Å². The molecule has 2 aromatic carbocycles. The highest BCUT2D eigenvalue weighted by atomic mass is 32.2. The number of sulfonamides is 1. The Bertz CT molecular complexity index is 2530. The van der Waals surface area contributed by atoms with Gasteiger partial charge in [0.1, 0.15) is 41.1 Å². The first-order valence-electron chi connectivity index (χ1n) is 25.4. The van der Waals surface area contributed by atoms with E-state index >= 15 is 0 Å². The maximum absolute atomic E-state index is 14.5. The Morgan fingerprint density at radius 3 is 2.08 bits per heavy atom. The molecular formula is C52H76N10O9S. The average Bonchev–Trinajstić information content (AvgIpc) is 4.09. The molecule has 0 radical (unpaired) electrons. The number of nitrogens with two attached hydrogens (primary N) is 2. The third-order valence-electron chi connectivity index (χ3n) is 14.1. The van der Waals surface area contributed by atoms with Crippen molar-refractivity contribution in [3.8, 4) is 5.75 Å². The van der Waals surface area contributed by atoms with Gasteiger partial charge in [0.25, 0.3) is 10.0 Å². The van der Waals surface area contributed by atoms with Gasteiger partial charge in [0.15, 0.2) is 0 Å². The minimum atomic E-state index is -4.19. The first-order valence-corrected chi connectivity index (χ1v) is 26.9. The largest absolute Gasteiger partial charge is 0.487 e. The van der Waals surface area contributed by atoms with Crippen LogP contribution < -0.4 is 42.2 Å². The van der Waals surface area contributed by atoms with Crippen molar-refractivity contribution in [3.63, 3.8) is 0 Å². The molecule has 0 saturated carbocycles. The molecule has 4 heterocycles. The molecule has 5 atom stereocenters. The molecule has 72 heavy (non-hydrogen) atoms. The second-order valence-corrected chi connectivity index (χ2v) is 22.4. The van der Waals surface area contributed by atoms with Gasteiger partial charge in [-0.3, -0.25) is 33.8 Å². The lowest BCUT2D eigenvalue weighted by atomic mass is 9.94. The van der Waals surface area contributed by atoms with Crippen LogP contribution in [0.3, 0.4) is 0 Å². The van der Waals surface area contributed by atoms with E-state index < -0.39 is 80.9 Å². The van der Waals surface area contributed by atoms with Crippen LogP contribution in [-0.2, 0) is 51.6 Å². The number of aliphatic imine (C=N–C) groups is 1. The zero-order valence-corrected chi connectivity index (χ0v) is 43.8. The molecule has 0 bridgehead atoms. The molecular weight excluding hydrogens is 941 g/mol. The number of allylic oxidation sites excluding steroid dienone is 2. The molecule has 6 rings (SSSR count). The number of benzene rings is 2.